The molecule has 7 heteroatoms. The van der Waals surface area contributed by atoms with Crippen LogP contribution in [-0.4, -0.2) is 6.10 Å². The molecule has 2 fully saturated rings. The Balaban J connectivity index is 1.10. The van der Waals surface area contributed by atoms with Crippen molar-refractivity contribution in [2.24, 2.45) is 11.8 Å². The fourth-order valence-corrected chi connectivity index (χ4v) is 7.18. The smallest absolute Gasteiger partial charge is 0.313 e. The Morgan fingerprint density at radius 3 is 1.95 bits per heavy atom. The minimum atomic E-state index is -3.30. The van der Waals surface area contributed by atoms with Gasteiger partial charge in [0.05, 0.1) is 11.7 Å². The second kappa shape index (κ2) is 14.2. The largest absolute Gasteiger partial charge is 0.383 e. The number of halogens is 5. The van der Waals surface area contributed by atoms with Gasteiger partial charge in [-0.1, -0.05) is 56.2 Å². The molecule has 0 bridgehead atoms. The Hall–Kier alpha value is -3.24. The molecule has 0 aromatic heterocycles. The van der Waals surface area contributed by atoms with Gasteiger partial charge >= 0.3 is 6.11 Å². The normalized spacial score (nSPS) is 22.5. The third-order valence-corrected chi connectivity index (χ3v) is 9.76. The van der Waals surface area contributed by atoms with Crippen LogP contribution in [0.4, 0.5) is 22.0 Å². The van der Waals surface area contributed by atoms with Crippen molar-refractivity contribution in [3.05, 3.63) is 94.3 Å². The van der Waals surface area contributed by atoms with Gasteiger partial charge in [0.2, 0.25) is 0 Å². The van der Waals surface area contributed by atoms with Crippen LogP contribution in [0.15, 0.2) is 54.6 Å². The van der Waals surface area contributed by atoms with Gasteiger partial charge in [-0.15, -0.1) is 0 Å². The fourth-order valence-electron chi connectivity index (χ4n) is 7.18. The van der Waals surface area contributed by atoms with Gasteiger partial charge in [-0.2, -0.15) is 14.0 Å². The van der Waals surface area contributed by atoms with Crippen molar-refractivity contribution in [1.82, 2.24) is 0 Å². The molecule has 0 aliphatic heterocycles. The van der Waals surface area contributed by atoms with E-state index in [2.05, 4.69) is 6.92 Å². The zero-order chi connectivity index (χ0) is 31.3. The number of alkyl halides is 2. The summed E-state index contributed by atoms with van der Waals surface area (Å²) in [7, 11) is 0. The van der Waals surface area contributed by atoms with E-state index in [4.69, 9.17) is 10.00 Å². The van der Waals surface area contributed by atoms with E-state index in [-0.39, 0.29) is 22.6 Å². The topological polar surface area (TPSA) is 33.0 Å². The summed E-state index contributed by atoms with van der Waals surface area (Å²) in [5, 5.41) is 8.88. The number of rotatable bonds is 10. The van der Waals surface area contributed by atoms with Gasteiger partial charge < -0.3 is 4.74 Å². The van der Waals surface area contributed by atoms with Gasteiger partial charge in [0, 0.05) is 5.56 Å². The minimum absolute atomic E-state index is 0.0554. The van der Waals surface area contributed by atoms with Crippen molar-refractivity contribution in [3.63, 3.8) is 0 Å². The van der Waals surface area contributed by atoms with Crippen LogP contribution in [-0.2, 0) is 17.3 Å². The highest BCUT2D eigenvalue weighted by Crippen LogP contribution is 2.45. The summed E-state index contributed by atoms with van der Waals surface area (Å²) in [6.07, 6.45) is 7.26. The van der Waals surface area contributed by atoms with E-state index in [9.17, 15) is 17.6 Å². The third kappa shape index (κ3) is 7.51. The lowest BCUT2D eigenvalue weighted by atomic mass is 9.69. The van der Waals surface area contributed by atoms with E-state index in [1.807, 2.05) is 6.07 Å². The van der Waals surface area contributed by atoms with Gasteiger partial charge in [-0.05, 0) is 117 Å². The summed E-state index contributed by atoms with van der Waals surface area (Å²) >= 11 is 0. The van der Waals surface area contributed by atoms with Crippen LogP contribution >= 0.6 is 0 Å². The Bertz CT molecular complexity index is 1420. The zero-order valence-corrected chi connectivity index (χ0v) is 25.2. The van der Waals surface area contributed by atoms with Gasteiger partial charge in [0.15, 0.2) is 0 Å². The molecule has 2 aliphatic rings. The number of hydrogen-bond donors (Lipinski definition) is 0. The first-order valence-corrected chi connectivity index (χ1v) is 16.0. The number of nitriles is 1. The molecule has 2 nitrogen and oxygen atoms in total. The number of nitrogens with zero attached hydrogens (tertiary/aromatic N) is 1. The number of hydrogen-bond acceptors (Lipinski definition) is 2. The Morgan fingerprint density at radius 1 is 0.773 bits per heavy atom. The zero-order valence-electron chi connectivity index (χ0n) is 25.2. The summed E-state index contributed by atoms with van der Waals surface area (Å²) in [5.41, 5.74) is 1.33. The lowest BCUT2D eigenvalue weighted by Gasteiger charge is -2.38. The molecular weight excluding hydrogens is 569 g/mol. The standard InChI is InChI=1S/C37H40F5NO/c1-2-3-4-5-24-6-15-30(16-7-24)37(41,42)44-31-17-12-26(13-18-31)25-8-10-27(11-9-25)28-14-19-32(34(38)20-28)29-21-35(39)33(23-43)36(40)22-29/h6-7,14-16,19-22,25-27,31H,2-5,8-13,17-18H2,1H3. The SMILES string of the molecule is CCCCCc1ccc(C(F)(F)OC2CCC(C3CCC(c4ccc(-c5cc(F)c(C#N)c(F)c5)c(F)c4)CC3)CC2)cc1. The number of aryl methyl sites for hydroxylation is 1. The average Bonchev–Trinajstić information content (AvgIpc) is 3.01. The highest BCUT2D eigenvalue weighted by Gasteiger charge is 2.39. The number of unbranched alkanes of at least 4 members (excludes halogenated alkanes) is 2. The lowest BCUT2D eigenvalue weighted by molar-refractivity contribution is -0.278. The predicted molar refractivity (Wildman–Crippen MR) is 162 cm³/mol. The highest BCUT2D eigenvalue weighted by atomic mass is 19.3. The summed E-state index contributed by atoms with van der Waals surface area (Å²) in [6, 6.07) is 14.8. The van der Waals surface area contributed by atoms with Gasteiger partial charge in [0.25, 0.3) is 0 Å². The Morgan fingerprint density at radius 2 is 1.39 bits per heavy atom. The van der Waals surface area contributed by atoms with E-state index >= 15 is 4.39 Å². The Kier molecular flexibility index (Phi) is 10.4. The molecule has 0 amide bonds. The monoisotopic (exact) mass is 609 g/mol. The van der Waals surface area contributed by atoms with Crippen LogP contribution in [0.1, 0.15) is 106 Å². The summed E-state index contributed by atoms with van der Waals surface area (Å²) < 4.78 is 78.5. The van der Waals surface area contributed by atoms with Crippen molar-refractivity contribution in [3.8, 4) is 17.2 Å². The molecule has 5 rings (SSSR count). The fraction of sp³-hybridized carbons (Fsp3) is 0.486. The molecule has 2 saturated carbocycles. The van der Waals surface area contributed by atoms with Gasteiger partial charge in [-0.25, -0.2) is 13.2 Å². The molecule has 234 valence electrons. The van der Waals surface area contributed by atoms with Crippen molar-refractivity contribution in [2.45, 2.75) is 102 Å². The van der Waals surface area contributed by atoms with Crippen LogP contribution in [0.3, 0.4) is 0 Å². The molecule has 44 heavy (non-hydrogen) atoms. The third-order valence-electron chi connectivity index (χ3n) is 9.76. The molecule has 0 radical (unpaired) electrons. The number of ether oxygens (including phenoxy) is 1. The van der Waals surface area contributed by atoms with E-state index in [0.29, 0.717) is 24.7 Å². The summed E-state index contributed by atoms with van der Waals surface area (Å²) in [4.78, 5) is 0. The summed E-state index contributed by atoms with van der Waals surface area (Å²) in [5.74, 6) is -1.39. The molecule has 0 saturated heterocycles. The summed E-state index contributed by atoms with van der Waals surface area (Å²) in [6.45, 7) is 2.14. The average molecular weight is 610 g/mol. The highest BCUT2D eigenvalue weighted by molar-refractivity contribution is 5.66. The molecule has 3 aromatic carbocycles. The predicted octanol–water partition coefficient (Wildman–Crippen LogP) is 11.0. The second-order valence-electron chi connectivity index (χ2n) is 12.6. The number of benzene rings is 3. The molecule has 0 atom stereocenters. The maximum atomic E-state index is 15.1. The van der Waals surface area contributed by atoms with Crippen molar-refractivity contribution < 1.29 is 26.7 Å². The van der Waals surface area contributed by atoms with Gasteiger partial charge in [0.1, 0.15) is 29.1 Å². The lowest BCUT2D eigenvalue weighted by Crippen LogP contribution is -2.32. The van der Waals surface area contributed by atoms with E-state index in [0.717, 1.165) is 87.5 Å². The van der Waals surface area contributed by atoms with E-state index < -0.39 is 35.2 Å². The van der Waals surface area contributed by atoms with Crippen LogP contribution in [0.25, 0.3) is 11.1 Å². The molecule has 2 aliphatic carbocycles. The minimum Gasteiger partial charge on any atom is -0.313 e. The molecule has 0 spiro atoms. The van der Waals surface area contributed by atoms with Crippen LogP contribution in [0.5, 0.6) is 0 Å². The molecule has 0 heterocycles. The van der Waals surface area contributed by atoms with Crippen molar-refractivity contribution in [2.75, 3.05) is 0 Å². The second-order valence-corrected chi connectivity index (χ2v) is 12.6. The first kappa shape index (κ1) is 32.2. The van der Waals surface area contributed by atoms with Crippen molar-refractivity contribution >= 4 is 0 Å². The van der Waals surface area contributed by atoms with E-state index in [1.54, 1.807) is 18.2 Å². The van der Waals surface area contributed by atoms with Crippen LogP contribution < -0.4 is 0 Å². The van der Waals surface area contributed by atoms with Crippen LogP contribution in [0.2, 0.25) is 0 Å². The van der Waals surface area contributed by atoms with Gasteiger partial charge in [-0.3, -0.25) is 0 Å². The molecule has 0 unspecified atom stereocenters. The molecule has 3 aromatic rings. The quantitative estimate of drug-likeness (QED) is 0.169. The molecular formula is C37H40F5NO. The molecule has 0 N–H and O–H groups in total. The van der Waals surface area contributed by atoms with Crippen molar-refractivity contribution in [1.29, 1.82) is 5.26 Å². The van der Waals surface area contributed by atoms with E-state index in [1.165, 1.54) is 24.3 Å². The maximum absolute atomic E-state index is 15.1. The maximum Gasteiger partial charge on any atom is 0.383 e. The Labute approximate surface area is 257 Å². The van der Waals surface area contributed by atoms with Crippen LogP contribution in [0, 0.1) is 40.6 Å². The first-order valence-electron chi connectivity index (χ1n) is 16.0. The first-order chi connectivity index (χ1) is 21.2.